The Kier molecular flexibility index (Phi) is 6.77. The van der Waals surface area contributed by atoms with Crippen molar-refractivity contribution in [2.45, 2.75) is 19.8 Å². The van der Waals surface area contributed by atoms with Crippen LogP contribution in [0.3, 0.4) is 0 Å². The van der Waals surface area contributed by atoms with Gasteiger partial charge in [-0.3, -0.25) is 4.79 Å². The second kappa shape index (κ2) is 9.70. The fourth-order valence-corrected chi connectivity index (χ4v) is 4.40. The minimum Gasteiger partial charge on any atom is -0.368 e. The molecular weight excluding hydrogens is 414 g/mol. The molecule has 31 heavy (non-hydrogen) atoms. The second-order valence-electron chi connectivity index (χ2n) is 8.20. The maximum Gasteiger partial charge on any atom is 0.229 e. The number of aromatic nitrogens is 2. The summed E-state index contributed by atoms with van der Waals surface area (Å²) >= 11 is 6.39. The lowest BCUT2D eigenvalue weighted by molar-refractivity contribution is -0.129. The number of anilines is 4. The summed E-state index contributed by atoms with van der Waals surface area (Å²) in [6.45, 7) is 7.39. The van der Waals surface area contributed by atoms with Gasteiger partial charge in [0.05, 0.1) is 6.20 Å². The summed E-state index contributed by atoms with van der Waals surface area (Å²) in [4.78, 5) is 26.9. The zero-order chi connectivity index (χ0) is 21.8. The van der Waals surface area contributed by atoms with Gasteiger partial charge in [-0.25, -0.2) is 4.98 Å². The minimum atomic E-state index is 0.144. The molecule has 2 aromatic rings. The number of nitrogens with zero attached hydrogens (tertiary/aromatic N) is 5. The van der Waals surface area contributed by atoms with Crippen LogP contribution in [0.15, 0.2) is 30.5 Å². The summed E-state index contributed by atoms with van der Waals surface area (Å²) in [5, 5.41) is 3.85. The van der Waals surface area contributed by atoms with Crippen molar-refractivity contribution in [2.24, 2.45) is 11.7 Å². The van der Waals surface area contributed by atoms with Crippen LogP contribution < -0.4 is 20.9 Å². The van der Waals surface area contributed by atoms with Gasteiger partial charge in [0.1, 0.15) is 5.02 Å². The molecule has 0 spiro atoms. The summed E-state index contributed by atoms with van der Waals surface area (Å²) in [6.07, 6.45) is 3.77. The molecule has 3 N–H and O–H groups in total. The van der Waals surface area contributed by atoms with Crippen molar-refractivity contribution < 1.29 is 4.79 Å². The maximum atomic E-state index is 11.5. The van der Waals surface area contributed by atoms with Crippen molar-refractivity contribution in [3.63, 3.8) is 0 Å². The van der Waals surface area contributed by atoms with E-state index in [-0.39, 0.29) is 5.91 Å². The molecule has 2 fully saturated rings. The molecule has 2 saturated heterocycles. The predicted molar refractivity (Wildman–Crippen MR) is 125 cm³/mol. The number of carbonyl (C=O) groups is 1. The Morgan fingerprint density at radius 1 is 1.10 bits per heavy atom. The van der Waals surface area contributed by atoms with Crippen molar-refractivity contribution in [3.05, 3.63) is 35.5 Å². The first-order valence-corrected chi connectivity index (χ1v) is 11.3. The van der Waals surface area contributed by atoms with E-state index in [2.05, 4.69) is 37.2 Å². The van der Waals surface area contributed by atoms with Crippen LogP contribution in [0.2, 0.25) is 5.02 Å². The highest BCUT2D eigenvalue weighted by Crippen LogP contribution is 2.29. The largest absolute Gasteiger partial charge is 0.368 e. The lowest BCUT2D eigenvalue weighted by Gasteiger charge is -2.35. The average Bonchev–Trinajstić information content (AvgIpc) is 2.81. The number of amides is 1. The third kappa shape index (κ3) is 5.19. The molecule has 0 radical (unpaired) electrons. The van der Waals surface area contributed by atoms with Crippen molar-refractivity contribution in [1.29, 1.82) is 0 Å². The Labute approximate surface area is 188 Å². The summed E-state index contributed by atoms with van der Waals surface area (Å²) in [5.41, 5.74) is 7.87. The van der Waals surface area contributed by atoms with Gasteiger partial charge in [-0.2, -0.15) is 4.98 Å². The quantitative estimate of drug-likeness (QED) is 0.734. The summed E-state index contributed by atoms with van der Waals surface area (Å²) < 4.78 is 0. The van der Waals surface area contributed by atoms with Crippen LogP contribution in [-0.4, -0.2) is 66.6 Å². The molecule has 0 bridgehead atoms. The van der Waals surface area contributed by atoms with Gasteiger partial charge in [0.25, 0.3) is 0 Å². The highest BCUT2D eigenvalue weighted by Gasteiger charge is 2.22. The molecule has 1 aromatic heterocycles. The first-order chi connectivity index (χ1) is 15.0. The van der Waals surface area contributed by atoms with E-state index in [1.165, 1.54) is 0 Å². The van der Waals surface area contributed by atoms with Crippen LogP contribution in [0, 0.1) is 5.92 Å². The van der Waals surface area contributed by atoms with E-state index < -0.39 is 0 Å². The van der Waals surface area contributed by atoms with Gasteiger partial charge in [0, 0.05) is 57.6 Å². The fourth-order valence-electron chi connectivity index (χ4n) is 4.18. The van der Waals surface area contributed by atoms with Gasteiger partial charge in [0.2, 0.25) is 11.9 Å². The minimum absolute atomic E-state index is 0.144. The first-order valence-electron chi connectivity index (χ1n) is 10.9. The Morgan fingerprint density at radius 2 is 1.77 bits per heavy atom. The van der Waals surface area contributed by atoms with Crippen molar-refractivity contribution in [2.75, 3.05) is 60.9 Å². The molecule has 0 unspecified atom stereocenters. The predicted octanol–water partition coefficient (Wildman–Crippen LogP) is 2.72. The van der Waals surface area contributed by atoms with Crippen LogP contribution in [0.5, 0.6) is 0 Å². The molecule has 0 atom stereocenters. The third-order valence-corrected chi connectivity index (χ3v) is 6.45. The van der Waals surface area contributed by atoms with Crippen molar-refractivity contribution in [3.8, 4) is 0 Å². The second-order valence-corrected chi connectivity index (χ2v) is 8.60. The molecule has 8 nitrogen and oxygen atoms in total. The summed E-state index contributed by atoms with van der Waals surface area (Å²) in [5.74, 6) is 2.03. The molecule has 9 heteroatoms. The Morgan fingerprint density at radius 3 is 2.39 bits per heavy atom. The fraction of sp³-hybridized carbons (Fsp3) is 0.500. The molecule has 0 aliphatic carbocycles. The summed E-state index contributed by atoms with van der Waals surface area (Å²) in [6, 6.07) is 8.22. The van der Waals surface area contributed by atoms with Gasteiger partial charge in [-0.15, -0.1) is 0 Å². The van der Waals surface area contributed by atoms with E-state index in [9.17, 15) is 4.79 Å². The standard InChI is InChI=1S/C22H30ClN7O/c1-16(31)28-10-12-29(13-11-28)19-4-2-18(3-5-19)26-22-25-15-20(23)21(27-22)30-8-6-17(14-24)7-9-30/h2-5,15,17H,6-14,24H2,1H3,(H,25,26,27). The molecule has 2 aliphatic rings. The van der Waals surface area contributed by atoms with E-state index in [0.717, 1.165) is 75.8 Å². The van der Waals surface area contributed by atoms with Crippen molar-refractivity contribution in [1.82, 2.24) is 14.9 Å². The van der Waals surface area contributed by atoms with Gasteiger partial charge < -0.3 is 25.8 Å². The van der Waals surface area contributed by atoms with Gasteiger partial charge >= 0.3 is 0 Å². The van der Waals surface area contributed by atoms with E-state index in [1.807, 2.05) is 17.0 Å². The zero-order valence-electron chi connectivity index (χ0n) is 17.9. The topological polar surface area (TPSA) is 90.6 Å². The van der Waals surface area contributed by atoms with Gasteiger partial charge in [-0.05, 0) is 49.6 Å². The van der Waals surface area contributed by atoms with Gasteiger partial charge in [0.15, 0.2) is 5.82 Å². The number of piperidine rings is 1. The molecule has 0 saturated carbocycles. The molecule has 166 valence electrons. The number of benzene rings is 1. The molecule has 1 amide bonds. The van der Waals surface area contributed by atoms with E-state index in [4.69, 9.17) is 17.3 Å². The van der Waals surface area contributed by atoms with Crippen LogP contribution in [0.25, 0.3) is 0 Å². The number of hydrogen-bond acceptors (Lipinski definition) is 7. The Balaban J connectivity index is 1.39. The number of hydrogen-bond donors (Lipinski definition) is 2. The lowest BCUT2D eigenvalue weighted by atomic mass is 9.97. The average molecular weight is 444 g/mol. The normalized spacial score (nSPS) is 17.7. The lowest BCUT2D eigenvalue weighted by Crippen LogP contribution is -2.48. The van der Waals surface area contributed by atoms with E-state index >= 15 is 0 Å². The van der Waals surface area contributed by atoms with Gasteiger partial charge in [-0.1, -0.05) is 11.6 Å². The molecule has 1 aromatic carbocycles. The number of piperazine rings is 1. The Bertz CT molecular complexity index is 891. The number of nitrogens with one attached hydrogen (secondary N) is 1. The summed E-state index contributed by atoms with van der Waals surface area (Å²) in [7, 11) is 0. The highest BCUT2D eigenvalue weighted by atomic mass is 35.5. The smallest absolute Gasteiger partial charge is 0.229 e. The Hall–Kier alpha value is -2.58. The number of rotatable bonds is 5. The number of halogens is 1. The molecule has 2 aliphatic heterocycles. The van der Waals surface area contributed by atoms with Crippen molar-refractivity contribution >= 4 is 40.6 Å². The monoisotopic (exact) mass is 443 g/mol. The molecule has 3 heterocycles. The SMILES string of the molecule is CC(=O)N1CCN(c2ccc(Nc3ncc(Cl)c(N4CCC(CN)CC4)n3)cc2)CC1. The van der Waals surface area contributed by atoms with E-state index in [0.29, 0.717) is 16.9 Å². The molecular formula is C22H30ClN7O. The highest BCUT2D eigenvalue weighted by molar-refractivity contribution is 6.32. The van der Waals surface area contributed by atoms with Crippen LogP contribution in [0.4, 0.5) is 23.1 Å². The number of nitrogens with two attached hydrogens (primary N) is 1. The van der Waals surface area contributed by atoms with Crippen LogP contribution in [0.1, 0.15) is 19.8 Å². The van der Waals surface area contributed by atoms with E-state index in [1.54, 1.807) is 13.1 Å². The first kappa shape index (κ1) is 21.6. The third-order valence-electron chi connectivity index (χ3n) is 6.19. The number of carbonyl (C=O) groups excluding carboxylic acids is 1. The van der Waals surface area contributed by atoms with Crippen LogP contribution >= 0.6 is 11.6 Å². The van der Waals surface area contributed by atoms with Crippen LogP contribution in [-0.2, 0) is 4.79 Å². The maximum absolute atomic E-state index is 11.5. The zero-order valence-corrected chi connectivity index (χ0v) is 18.7. The molecule has 4 rings (SSSR count).